The molecule has 1 atom stereocenters. The van der Waals surface area contributed by atoms with Gasteiger partial charge >= 0.3 is 5.97 Å². The number of hydrogen-bond acceptors (Lipinski definition) is 4. The molecule has 6 nitrogen and oxygen atoms in total. The summed E-state index contributed by atoms with van der Waals surface area (Å²) in [5, 5.41) is 10.6. The third-order valence-electron chi connectivity index (χ3n) is 3.86. The zero-order chi connectivity index (χ0) is 15.9. The number of esters is 1. The summed E-state index contributed by atoms with van der Waals surface area (Å²) in [4.78, 5) is 23.0. The number of halogens is 1. The Morgan fingerprint density at radius 1 is 1.27 bits per heavy atom. The van der Waals surface area contributed by atoms with E-state index in [0.29, 0.717) is 12.2 Å². The molecule has 0 spiro atoms. The molecule has 0 amide bonds. The van der Waals surface area contributed by atoms with E-state index in [0.717, 1.165) is 19.6 Å². The number of likely N-dealkylation sites (tertiary alicyclic amines) is 1. The number of ether oxygens (including phenoxy) is 1. The number of nitro benzene ring substituents is 1. The smallest absolute Gasteiger partial charge is 0.324 e. The Morgan fingerprint density at radius 3 is 2.50 bits per heavy atom. The SMILES string of the molecule is O=C(OCC[NH+]1CCCCC1)C(Br)c1ccc([N+](=O)[O-])cc1. The average Bonchev–Trinajstić information content (AvgIpc) is 2.55. The number of carbonyl (C=O) groups excluding carboxylic acids is 1. The number of quaternary nitrogens is 1. The van der Waals surface area contributed by atoms with Gasteiger partial charge in [0.05, 0.1) is 18.0 Å². The van der Waals surface area contributed by atoms with Gasteiger partial charge in [-0.1, -0.05) is 28.1 Å². The molecule has 1 fully saturated rings. The van der Waals surface area contributed by atoms with E-state index in [9.17, 15) is 14.9 Å². The largest absolute Gasteiger partial charge is 0.459 e. The molecule has 1 saturated heterocycles. The molecule has 7 heteroatoms. The van der Waals surface area contributed by atoms with Gasteiger partial charge in [0.1, 0.15) is 18.0 Å². The van der Waals surface area contributed by atoms with Crippen LogP contribution in [0.15, 0.2) is 24.3 Å². The molecule has 1 aliphatic rings. The Labute approximate surface area is 137 Å². The highest BCUT2D eigenvalue weighted by Gasteiger charge is 2.21. The molecule has 0 aliphatic carbocycles. The van der Waals surface area contributed by atoms with Crippen molar-refractivity contribution in [1.29, 1.82) is 0 Å². The summed E-state index contributed by atoms with van der Waals surface area (Å²) in [5.41, 5.74) is 0.659. The molecule has 1 unspecified atom stereocenters. The minimum atomic E-state index is -0.593. The first-order chi connectivity index (χ1) is 10.6. The fourth-order valence-electron chi connectivity index (χ4n) is 2.57. The summed E-state index contributed by atoms with van der Waals surface area (Å²) in [5.74, 6) is -0.356. The maximum Gasteiger partial charge on any atom is 0.324 e. The number of non-ortho nitro benzene ring substituents is 1. The van der Waals surface area contributed by atoms with Crippen LogP contribution in [-0.2, 0) is 9.53 Å². The van der Waals surface area contributed by atoms with Gasteiger partial charge in [-0.15, -0.1) is 0 Å². The van der Waals surface area contributed by atoms with Crippen LogP contribution in [0.25, 0.3) is 0 Å². The zero-order valence-electron chi connectivity index (χ0n) is 12.3. The first-order valence-corrected chi connectivity index (χ1v) is 8.38. The topological polar surface area (TPSA) is 73.9 Å². The number of carbonyl (C=O) groups is 1. The molecular weight excluding hydrogens is 352 g/mol. The second kappa shape index (κ2) is 8.24. The number of nitrogens with zero attached hydrogens (tertiary/aromatic N) is 1. The predicted octanol–water partition coefficient (Wildman–Crippen LogP) is 1.64. The molecule has 2 rings (SSSR count). The highest BCUT2D eigenvalue weighted by Crippen LogP contribution is 2.25. The van der Waals surface area contributed by atoms with Crippen molar-refractivity contribution in [3.8, 4) is 0 Å². The number of nitrogens with one attached hydrogen (secondary N) is 1. The van der Waals surface area contributed by atoms with Crippen molar-refractivity contribution in [2.75, 3.05) is 26.2 Å². The lowest BCUT2D eigenvalue weighted by Gasteiger charge is -2.23. The number of nitro groups is 1. The molecule has 1 N–H and O–H groups in total. The summed E-state index contributed by atoms with van der Waals surface area (Å²) < 4.78 is 5.30. The van der Waals surface area contributed by atoms with Gasteiger partial charge in [-0.2, -0.15) is 0 Å². The fourth-order valence-corrected chi connectivity index (χ4v) is 3.01. The molecule has 0 saturated carbocycles. The average molecular weight is 372 g/mol. The third kappa shape index (κ3) is 4.78. The van der Waals surface area contributed by atoms with Crippen molar-refractivity contribution < 1.29 is 19.4 Å². The number of piperidine rings is 1. The second-order valence-electron chi connectivity index (χ2n) is 5.44. The summed E-state index contributed by atoms with van der Waals surface area (Å²) in [7, 11) is 0. The fraction of sp³-hybridized carbons (Fsp3) is 0.533. The van der Waals surface area contributed by atoms with E-state index in [4.69, 9.17) is 4.74 Å². The Bertz CT molecular complexity index is 515. The van der Waals surface area contributed by atoms with E-state index in [1.165, 1.54) is 36.3 Å². The van der Waals surface area contributed by atoms with Crippen molar-refractivity contribution in [2.45, 2.75) is 24.1 Å². The minimum absolute atomic E-state index is 0.00511. The Morgan fingerprint density at radius 2 is 1.91 bits per heavy atom. The van der Waals surface area contributed by atoms with Gasteiger partial charge in [-0.05, 0) is 24.8 Å². The molecule has 22 heavy (non-hydrogen) atoms. The maximum atomic E-state index is 12.0. The van der Waals surface area contributed by atoms with Gasteiger partial charge in [0.25, 0.3) is 5.69 Å². The van der Waals surface area contributed by atoms with Crippen molar-refractivity contribution in [3.63, 3.8) is 0 Å². The summed E-state index contributed by atoms with van der Waals surface area (Å²) in [6, 6.07) is 5.90. The lowest BCUT2D eigenvalue weighted by atomic mass is 10.1. The summed E-state index contributed by atoms with van der Waals surface area (Å²) in [6.07, 6.45) is 3.78. The third-order valence-corrected chi connectivity index (χ3v) is 4.77. The van der Waals surface area contributed by atoms with Crippen molar-refractivity contribution in [2.24, 2.45) is 0 Å². The number of benzene rings is 1. The van der Waals surface area contributed by atoms with Gasteiger partial charge in [-0.25, -0.2) is 0 Å². The highest BCUT2D eigenvalue weighted by molar-refractivity contribution is 9.09. The Kier molecular flexibility index (Phi) is 6.33. The van der Waals surface area contributed by atoms with Gasteiger partial charge < -0.3 is 9.64 Å². The number of rotatable bonds is 6. The minimum Gasteiger partial charge on any atom is -0.459 e. The molecule has 1 heterocycles. The Balaban J connectivity index is 1.79. The lowest BCUT2D eigenvalue weighted by molar-refractivity contribution is -0.905. The quantitative estimate of drug-likeness (QED) is 0.357. The zero-order valence-corrected chi connectivity index (χ0v) is 13.9. The van der Waals surface area contributed by atoms with Crippen molar-refractivity contribution >= 4 is 27.6 Å². The molecule has 0 bridgehead atoms. The van der Waals surface area contributed by atoms with Gasteiger partial charge in [0.2, 0.25) is 0 Å². The van der Waals surface area contributed by atoms with Crippen molar-refractivity contribution in [1.82, 2.24) is 0 Å². The molecule has 0 radical (unpaired) electrons. The van der Waals surface area contributed by atoms with Gasteiger partial charge in [-0.3, -0.25) is 14.9 Å². The lowest BCUT2D eigenvalue weighted by Crippen LogP contribution is -3.13. The van der Waals surface area contributed by atoms with Gasteiger partial charge in [0.15, 0.2) is 0 Å². The van der Waals surface area contributed by atoms with Gasteiger partial charge in [0, 0.05) is 12.1 Å². The summed E-state index contributed by atoms with van der Waals surface area (Å²) >= 11 is 3.29. The second-order valence-corrected chi connectivity index (χ2v) is 6.36. The van der Waals surface area contributed by atoms with E-state index in [2.05, 4.69) is 15.9 Å². The van der Waals surface area contributed by atoms with Crippen LogP contribution < -0.4 is 4.90 Å². The van der Waals surface area contributed by atoms with Crippen LogP contribution in [-0.4, -0.2) is 37.1 Å². The predicted molar refractivity (Wildman–Crippen MR) is 85.1 cm³/mol. The van der Waals surface area contributed by atoms with Crippen LogP contribution in [0.5, 0.6) is 0 Å². The van der Waals surface area contributed by atoms with Crippen LogP contribution in [0.4, 0.5) is 5.69 Å². The Hall–Kier alpha value is -1.47. The van der Waals surface area contributed by atoms with E-state index < -0.39 is 9.75 Å². The molecule has 1 aliphatic heterocycles. The monoisotopic (exact) mass is 371 g/mol. The van der Waals surface area contributed by atoms with Crippen molar-refractivity contribution in [3.05, 3.63) is 39.9 Å². The van der Waals surface area contributed by atoms with Crippen LogP contribution >= 0.6 is 15.9 Å². The standard InChI is InChI=1S/C15H19BrN2O4/c16-14(12-4-6-13(7-5-12)18(20)21)15(19)22-11-10-17-8-2-1-3-9-17/h4-7,14H,1-3,8-11H2/p+1. The molecular formula is C15H20BrN2O4+. The maximum absolute atomic E-state index is 12.0. The summed E-state index contributed by atoms with van der Waals surface area (Å²) in [6.45, 7) is 3.55. The van der Waals surface area contributed by atoms with Crippen LogP contribution in [0.1, 0.15) is 29.7 Å². The van der Waals surface area contributed by atoms with E-state index in [1.54, 1.807) is 12.1 Å². The number of alkyl halides is 1. The normalized spacial score (nSPS) is 17.0. The van der Waals surface area contributed by atoms with E-state index >= 15 is 0 Å². The first kappa shape index (κ1) is 16.9. The first-order valence-electron chi connectivity index (χ1n) is 7.46. The highest BCUT2D eigenvalue weighted by atomic mass is 79.9. The van der Waals surface area contributed by atoms with Crippen LogP contribution in [0, 0.1) is 10.1 Å². The molecule has 1 aromatic carbocycles. The van der Waals surface area contributed by atoms with Crippen LogP contribution in [0.3, 0.4) is 0 Å². The van der Waals surface area contributed by atoms with E-state index in [1.807, 2.05) is 0 Å². The molecule has 120 valence electrons. The number of hydrogen-bond donors (Lipinski definition) is 1. The van der Waals surface area contributed by atoms with Crippen LogP contribution in [0.2, 0.25) is 0 Å². The molecule has 0 aromatic heterocycles. The van der Waals surface area contributed by atoms with E-state index in [-0.39, 0.29) is 11.7 Å². The molecule has 1 aromatic rings.